The monoisotopic (exact) mass is 401 g/mol. The van der Waals surface area contributed by atoms with Gasteiger partial charge in [-0.25, -0.2) is 0 Å². The van der Waals surface area contributed by atoms with E-state index in [1.165, 1.54) is 33.0 Å². The summed E-state index contributed by atoms with van der Waals surface area (Å²) >= 11 is 1.56. The van der Waals surface area contributed by atoms with Gasteiger partial charge in [-0.1, -0.05) is 0 Å². The van der Waals surface area contributed by atoms with E-state index < -0.39 is 0 Å². The standard InChI is InChI=1S/C19H13.2ClH.Zr/c1-2-6-15-11-18(10-9-14(15)5-1)19-12-16-7-3-4-8-17(16)13-19;;;/h1-13H;2*1H;/q;;;+2/p-2. The summed E-state index contributed by atoms with van der Waals surface area (Å²) in [7, 11) is 0. The molecule has 0 N–H and O–H groups in total. The summed E-state index contributed by atoms with van der Waals surface area (Å²) in [6.07, 6.45) is 2.36. The fourth-order valence-electron chi connectivity index (χ4n) is 2.94. The van der Waals surface area contributed by atoms with Gasteiger partial charge in [-0.15, -0.1) is 0 Å². The molecule has 4 rings (SSSR count). The van der Waals surface area contributed by atoms with Crippen molar-refractivity contribution >= 4 is 22.4 Å². The van der Waals surface area contributed by atoms with E-state index in [1.54, 1.807) is 24.7 Å². The molecule has 0 aliphatic heterocycles. The second-order valence-electron chi connectivity index (χ2n) is 5.22. The summed E-state index contributed by atoms with van der Waals surface area (Å²) in [6.45, 7) is 0. The SMILES string of the molecule is [Cl-].[Cl-].[Zr+2][CH]1C(c2ccc3ccccc3c2)=Cc2ccccc21. The average molecular weight is 403 g/mol. The number of rotatable bonds is 1. The van der Waals surface area contributed by atoms with Gasteiger partial charge in [0.15, 0.2) is 0 Å². The van der Waals surface area contributed by atoms with Crippen molar-refractivity contribution < 1.29 is 49.5 Å². The molecule has 3 aromatic rings. The topological polar surface area (TPSA) is 0 Å². The molecule has 22 heavy (non-hydrogen) atoms. The van der Waals surface area contributed by atoms with Crippen LogP contribution in [0.4, 0.5) is 0 Å². The summed E-state index contributed by atoms with van der Waals surface area (Å²) in [4.78, 5) is 0. The van der Waals surface area contributed by atoms with Crippen LogP contribution in [-0.2, 0) is 24.7 Å². The van der Waals surface area contributed by atoms with Crippen LogP contribution in [0.5, 0.6) is 0 Å². The number of hydrogen-bond donors (Lipinski definition) is 0. The normalized spacial score (nSPS) is 15.5. The minimum absolute atomic E-state index is 0. The summed E-state index contributed by atoms with van der Waals surface area (Å²) in [5.41, 5.74) is 5.70. The van der Waals surface area contributed by atoms with Crippen molar-refractivity contribution in [1.82, 2.24) is 0 Å². The van der Waals surface area contributed by atoms with Gasteiger partial charge in [0.05, 0.1) is 0 Å². The van der Waals surface area contributed by atoms with Gasteiger partial charge in [-0.2, -0.15) is 0 Å². The molecule has 0 amide bonds. The Balaban J connectivity index is 0.000000882. The van der Waals surface area contributed by atoms with Crippen LogP contribution in [0.3, 0.4) is 0 Å². The Hall–Kier alpha value is -0.877. The zero-order chi connectivity index (χ0) is 13.5. The molecular weight excluding hydrogens is 390 g/mol. The molecule has 1 aliphatic carbocycles. The Labute approximate surface area is 158 Å². The molecule has 0 nitrogen and oxygen atoms in total. The van der Waals surface area contributed by atoms with Gasteiger partial charge < -0.3 is 24.8 Å². The number of benzene rings is 3. The average Bonchev–Trinajstić information content (AvgIpc) is 2.84. The van der Waals surface area contributed by atoms with E-state index in [-0.39, 0.29) is 24.8 Å². The molecule has 3 heteroatoms. The number of halogens is 2. The first-order valence-corrected chi connectivity index (χ1v) is 8.26. The van der Waals surface area contributed by atoms with E-state index >= 15 is 0 Å². The van der Waals surface area contributed by atoms with E-state index in [9.17, 15) is 0 Å². The van der Waals surface area contributed by atoms with Crippen molar-refractivity contribution in [3.8, 4) is 0 Å². The molecule has 0 saturated carbocycles. The summed E-state index contributed by atoms with van der Waals surface area (Å²) in [5.74, 6) is 0. The van der Waals surface area contributed by atoms with E-state index in [2.05, 4.69) is 72.8 Å². The summed E-state index contributed by atoms with van der Waals surface area (Å²) < 4.78 is 0.569. The molecule has 0 saturated heterocycles. The third-order valence-electron chi connectivity index (χ3n) is 4.01. The van der Waals surface area contributed by atoms with Crippen molar-refractivity contribution in [2.75, 3.05) is 0 Å². The van der Waals surface area contributed by atoms with Crippen LogP contribution < -0.4 is 24.8 Å². The Morgan fingerprint density at radius 1 is 0.727 bits per heavy atom. The minimum atomic E-state index is 0. The molecule has 1 unspecified atom stereocenters. The Morgan fingerprint density at radius 2 is 1.41 bits per heavy atom. The zero-order valence-electron chi connectivity index (χ0n) is 11.8. The first-order chi connectivity index (χ1) is 9.83. The van der Waals surface area contributed by atoms with Crippen LogP contribution in [0, 0.1) is 0 Å². The second kappa shape index (κ2) is 7.13. The molecule has 0 radical (unpaired) electrons. The van der Waals surface area contributed by atoms with Crippen molar-refractivity contribution in [2.24, 2.45) is 0 Å². The van der Waals surface area contributed by atoms with Gasteiger partial charge in [0.25, 0.3) is 0 Å². The van der Waals surface area contributed by atoms with E-state index in [0.29, 0.717) is 3.63 Å². The Morgan fingerprint density at radius 3 is 2.18 bits per heavy atom. The molecule has 0 heterocycles. The molecule has 1 atom stereocenters. The van der Waals surface area contributed by atoms with E-state index in [1.807, 2.05) is 0 Å². The molecule has 0 aromatic heterocycles. The predicted octanol–water partition coefficient (Wildman–Crippen LogP) is -1.01. The third kappa shape index (κ3) is 2.95. The fraction of sp³-hybridized carbons (Fsp3) is 0.0526. The maximum absolute atomic E-state index is 2.36. The van der Waals surface area contributed by atoms with Crippen LogP contribution in [0.2, 0.25) is 0 Å². The number of hydrogen-bond acceptors (Lipinski definition) is 0. The van der Waals surface area contributed by atoms with Gasteiger partial charge in [0.2, 0.25) is 0 Å². The molecule has 0 spiro atoms. The van der Waals surface area contributed by atoms with Gasteiger partial charge in [0.1, 0.15) is 0 Å². The Bertz CT molecular complexity index is 839. The van der Waals surface area contributed by atoms with Crippen LogP contribution in [-0.4, -0.2) is 0 Å². The van der Waals surface area contributed by atoms with Crippen molar-refractivity contribution in [3.05, 3.63) is 83.4 Å². The van der Waals surface area contributed by atoms with Gasteiger partial charge in [0, 0.05) is 0 Å². The summed E-state index contributed by atoms with van der Waals surface area (Å²) in [6, 6.07) is 24.1. The van der Waals surface area contributed by atoms with Gasteiger partial charge in [-0.05, 0) is 0 Å². The van der Waals surface area contributed by atoms with Crippen LogP contribution in [0.25, 0.3) is 22.4 Å². The molecular formula is C19H13Cl2Zr. The van der Waals surface area contributed by atoms with Crippen LogP contribution in [0.15, 0.2) is 66.7 Å². The quantitative estimate of drug-likeness (QED) is 0.489. The van der Waals surface area contributed by atoms with Crippen LogP contribution in [0.1, 0.15) is 20.3 Å². The van der Waals surface area contributed by atoms with Crippen molar-refractivity contribution in [3.63, 3.8) is 0 Å². The van der Waals surface area contributed by atoms with Crippen molar-refractivity contribution in [1.29, 1.82) is 0 Å². The molecule has 0 fully saturated rings. The molecule has 107 valence electrons. The van der Waals surface area contributed by atoms with E-state index in [0.717, 1.165) is 0 Å². The van der Waals surface area contributed by atoms with E-state index in [4.69, 9.17) is 0 Å². The summed E-state index contributed by atoms with van der Waals surface area (Å²) in [5, 5.41) is 2.64. The number of fused-ring (bicyclic) bond motifs is 2. The van der Waals surface area contributed by atoms with Gasteiger partial charge in [-0.3, -0.25) is 0 Å². The first kappa shape index (κ1) is 17.5. The molecule has 3 aromatic carbocycles. The van der Waals surface area contributed by atoms with Crippen LogP contribution >= 0.6 is 0 Å². The maximum atomic E-state index is 2.36. The third-order valence-corrected chi connectivity index (χ3v) is 5.54. The van der Waals surface area contributed by atoms with Gasteiger partial charge >= 0.3 is 134 Å². The van der Waals surface area contributed by atoms with Crippen molar-refractivity contribution in [2.45, 2.75) is 3.63 Å². The number of allylic oxidation sites excluding steroid dienone is 1. The molecule has 0 bridgehead atoms. The fourth-order valence-corrected chi connectivity index (χ4v) is 4.20. The predicted molar refractivity (Wildman–Crippen MR) is 81.0 cm³/mol. The Kier molecular flexibility index (Phi) is 5.67. The zero-order valence-corrected chi connectivity index (χ0v) is 15.7. The molecule has 1 aliphatic rings. The second-order valence-corrected chi connectivity index (χ2v) is 6.64. The first-order valence-electron chi connectivity index (χ1n) is 6.84.